The Kier molecular flexibility index (Phi) is 3.90. The molecule has 5 nitrogen and oxygen atoms in total. The molecule has 0 radical (unpaired) electrons. The lowest BCUT2D eigenvalue weighted by Gasteiger charge is -2.28. The number of rotatable bonds is 4. The summed E-state index contributed by atoms with van der Waals surface area (Å²) < 4.78 is 5.67. The Hall–Kier alpha value is -1.66. The maximum Gasteiger partial charge on any atom is 0.234 e. The molecule has 19 heavy (non-hydrogen) atoms. The Morgan fingerprint density at radius 3 is 3.00 bits per heavy atom. The van der Waals surface area contributed by atoms with Gasteiger partial charge in [0.15, 0.2) is 5.82 Å². The average Bonchev–Trinajstić information content (AvgIpc) is 3.00. The molecule has 0 unspecified atom stereocenters. The molecule has 1 saturated heterocycles. The van der Waals surface area contributed by atoms with E-state index in [1.54, 1.807) is 23.7 Å². The van der Waals surface area contributed by atoms with Crippen molar-refractivity contribution in [3.8, 4) is 5.88 Å². The van der Waals surface area contributed by atoms with Crippen LogP contribution in [0.5, 0.6) is 5.88 Å². The topological polar surface area (TPSA) is 50.3 Å². The van der Waals surface area contributed by atoms with Gasteiger partial charge in [0, 0.05) is 31.7 Å². The highest BCUT2D eigenvalue weighted by Gasteiger charge is 2.12. The first kappa shape index (κ1) is 12.4. The molecule has 0 aliphatic carbocycles. The first-order valence-electron chi connectivity index (χ1n) is 6.33. The summed E-state index contributed by atoms with van der Waals surface area (Å²) in [6, 6.07) is 2.05. The van der Waals surface area contributed by atoms with Gasteiger partial charge in [-0.15, -0.1) is 0 Å². The molecule has 2 aromatic rings. The number of hydrogen-bond donors (Lipinski definition) is 1. The molecule has 1 aliphatic rings. The van der Waals surface area contributed by atoms with Crippen LogP contribution in [0.25, 0.3) is 0 Å². The van der Waals surface area contributed by atoms with Crippen LogP contribution in [-0.2, 0) is 6.61 Å². The summed E-state index contributed by atoms with van der Waals surface area (Å²) in [6.07, 6.45) is 3.46. The summed E-state index contributed by atoms with van der Waals surface area (Å²) in [7, 11) is 0. The van der Waals surface area contributed by atoms with Crippen LogP contribution >= 0.6 is 11.3 Å². The highest BCUT2D eigenvalue weighted by Crippen LogP contribution is 2.16. The molecule has 0 saturated carbocycles. The van der Waals surface area contributed by atoms with E-state index in [4.69, 9.17) is 4.74 Å². The molecule has 1 N–H and O–H groups in total. The molecule has 100 valence electrons. The second-order valence-electron chi connectivity index (χ2n) is 4.37. The molecular formula is C13H16N4OS. The second-order valence-corrected chi connectivity index (χ2v) is 5.15. The highest BCUT2D eigenvalue weighted by molar-refractivity contribution is 7.07. The third-order valence-electron chi connectivity index (χ3n) is 3.01. The van der Waals surface area contributed by atoms with Gasteiger partial charge in [0.25, 0.3) is 0 Å². The van der Waals surface area contributed by atoms with Gasteiger partial charge in [0.05, 0.1) is 12.4 Å². The van der Waals surface area contributed by atoms with Crippen LogP contribution in [0.3, 0.4) is 0 Å². The Morgan fingerprint density at radius 2 is 2.21 bits per heavy atom. The molecule has 0 atom stereocenters. The van der Waals surface area contributed by atoms with Crippen molar-refractivity contribution < 1.29 is 4.74 Å². The zero-order valence-corrected chi connectivity index (χ0v) is 11.4. The van der Waals surface area contributed by atoms with E-state index in [2.05, 4.69) is 31.6 Å². The summed E-state index contributed by atoms with van der Waals surface area (Å²) in [4.78, 5) is 10.9. The van der Waals surface area contributed by atoms with Crippen molar-refractivity contribution >= 4 is 17.2 Å². The van der Waals surface area contributed by atoms with Gasteiger partial charge < -0.3 is 15.0 Å². The van der Waals surface area contributed by atoms with E-state index in [1.807, 2.05) is 5.38 Å². The lowest BCUT2D eigenvalue weighted by atomic mass is 10.3. The lowest BCUT2D eigenvalue weighted by molar-refractivity contribution is 0.293. The van der Waals surface area contributed by atoms with Crippen LogP contribution < -0.4 is 15.0 Å². The van der Waals surface area contributed by atoms with E-state index >= 15 is 0 Å². The average molecular weight is 276 g/mol. The SMILES string of the molecule is c1cc(COc2cncc(N3CCNCC3)n2)cs1. The maximum absolute atomic E-state index is 5.67. The number of nitrogens with one attached hydrogen (secondary N) is 1. The number of nitrogens with zero attached hydrogens (tertiary/aromatic N) is 3. The quantitative estimate of drug-likeness (QED) is 0.917. The first-order valence-corrected chi connectivity index (χ1v) is 7.28. The maximum atomic E-state index is 5.67. The molecule has 3 heterocycles. The minimum Gasteiger partial charge on any atom is -0.472 e. The predicted octanol–water partition coefficient (Wildman–Crippen LogP) is 1.53. The van der Waals surface area contributed by atoms with Crippen LogP contribution in [0.15, 0.2) is 29.2 Å². The zero-order valence-electron chi connectivity index (χ0n) is 10.6. The Balaban J connectivity index is 1.65. The Bertz CT molecular complexity index is 511. The van der Waals surface area contributed by atoms with E-state index in [9.17, 15) is 0 Å². The third-order valence-corrected chi connectivity index (χ3v) is 3.74. The van der Waals surface area contributed by atoms with Gasteiger partial charge in [-0.3, -0.25) is 4.98 Å². The molecule has 3 rings (SSSR count). The van der Waals surface area contributed by atoms with E-state index in [0.29, 0.717) is 12.5 Å². The first-order chi connectivity index (χ1) is 9.42. The smallest absolute Gasteiger partial charge is 0.234 e. The van der Waals surface area contributed by atoms with Crippen molar-refractivity contribution in [1.82, 2.24) is 15.3 Å². The minimum absolute atomic E-state index is 0.545. The highest BCUT2D eigenvalue weighted by atomic mass is 32.1. The van der Waals surface area contributed by atoms with Crippen LogP contribution in [-0.4, -0.2) is 36.1 Å². The Morgan fingerprint density at radius 1 is 1.32 bits per heavy atom. The largest absolute Gasteiger partial charge is 0.472 e. The Labute approximate surface area is 116 Å². The van der Waals surface area contributed by atoms with Gasteiger partial charge in [-0.25, -0.2) is 0 Å². The van der Waals surface area contributed by atoms with Gasteiger partial charge in [0.2, 0.25) is 5.88 Å². The van der Waals surface area contributed by atoms with Gasteiger partial charge in [-0.1, -0.05) is 0 Å². The van der Waals surface area contributed by atoms with Gasteiger partial charge in [-0.2, -0.15) is 16.3 Å². The van der Waals surface area contributed by atoms with Crippen molar-refractivity contribution in [1.29, 1.82) is 0 Å². The molecule has 1 aliphatic heterocycles. The van der Waals surface area contributed by atoms with Crippen LogP contribution in [0.4, 0.5) is 5.82 Å². The molecule has 0 bridgehead atoms. The van der Waals surface area contributed by atoms with Crippen LogP contribution in [0.1, 0.15) is 5.56 Å². The van der Waals surface area contributed by atoms with Gasteiger partial charge in [0.1, 0.15) is 6.61 Å². The fourth-order valence-corrected chi connectivity index (χ4v) is 2.64. The second kappa shape index (κ2) is 5.99. The van der Waals surface area contributed by atoms with E-state index in [0.717, 1.165) is 32.0 Å². The number of thiophene rings is 1. The number of aromatic nitrogens is 2. The summed E-state index contributed by atoms with van der Waals surface area (Å²) in [5.41, 5.74) is 1.17. The molecule has 6 heteroatoms. The monoisotopic (exact) mass is 276 g/mol. The third kappa shape index (κ3) is 3.21. The van der Waals surface area contributed by atoms with Crippen molar-refractivity contribution in [2.24, 2.45) is 0 Å². The van der Waals surface area contributed by atoms with Crippen LogP contribution in [0.2, 0.25) is 0 Å². The fraction of sp³-hybridized carbons (Fsp3) is 0.385. The van der Waals surface area contributed by atoms with E-state index in [-0.39, 0.29) is 0 Å². The van der Waals surface area contributed by atoms with Crippen molar-refractivity contribution in [3.05, 3.63) is 34.8 Å². The summed E-state index contributed by atoms with van der Waals surface area (Å²) in [5.74, 6) is 1.48. The summed E-state index contributed by atoms with van der Waals surface area (Å²) >= 11 is 1.67. The minimum atomic E-state index is 0.545. The van der Waals surface area contributed by atoms with Gasteiger partial charge >= 0.3 is 0 Å². The lowest BCUT2D eigenvalue weighted by Crippen LogP contribution is -2.43. The summed E-state index contributed by atoms with van der Waals surface area (Å²) in [6.45, 7) is 4.44. The number of ether oxygens (including phenoxy) is 1. The number of piperazine rings is 1. The summed E-state index contributed by atoms with van der Waals surface area (Å²) in [5, 5.41) is 7.44. The van der Waals surface area contributed by atoms with Crippen molar-refractivity contribution in [2.45, 2.75) is 6.61 Å². The molecule has 1 fully saturated rings. The molecular weight excluding hydrogens is 260 g/mol. The number of anilines is 1. The normalized spacial score (nSPS) is 15.5. The molecule has 2 aromatic heterocycles. The molecule has 0 spiro atoms. The van der Waals surface area contributed by atoms with Crippen molar-refractivity contribution in [2.75, 3.05) is 31.1 Å². The zero-order chi connectivity index (χ0) is 12.9. The van der Waals surface area contributed by atoms with Gasteiger partial charge in [-0.05, 0) is 16.8 Å². The van der Waals surface area contributed by atoms with E-state index < -0.39 is 0 Å². The standard InChI is InChI=1S/C13H16N4OS/c1-6-19-10-11(1)9-18-13-8-15-7-12(16-13)17-4-2-14-3-5-17/h1,6-8,10,14H,2-5,9H2. The van der Waals surface area contributed by atoms with Crippen LogP contribution in [0, 0.1) is 0 Å². The van der Waals surface area contributed by atoms with E-state index in [1.165, 1.54) is 5.56 Å². The predicted molar refractivity (Wildman–Crippen MR) is 75.8 cm³/mol. The number of hydrogen-bond acceptors (Lipinski definition) is 6. The molecule has 0 amide bonds. The fourth-order valence-electron chi connectivity index (χ4n) is 1.99. The van der Waals surface area contributed by atoms with Crippen molar-refractivity contribution in [3.63, 3.8) is 0 Å². The molecule has 0 aromatic carbocycles.